The number of aromatic amines is 1. The highest BCUT2D eigenvalue weighted by Gasteiger charge is 2.56. The van der Waals surface area contributed by atoms with E-state index in [0.717, 1.165) is 0 Å². The molecular formula is C8H8F5N3. The molecule has 16 heavy (non-hydrogen) atoms. The van der Waals surface area contributed by atoms with E-state index in [1.54, 1.807) is 0 Å². The lowest BCUT2D eigenvalue weighted by atomic mass is 9.72. The first kappa shape index (κ1) is 11.3. The van der Waals surface area contributed by atoms with Gasteiger partial charge in [0.25, 0.3) is 5.92 Å². The van der Waals surface area contributed by atoms with Crippen molar-refractivity contribution in [2.45, 2.75) is 30.5 Å². The van der Waals surface area contributed by atoms with Crippen LogP contribution >= 0.6 is 0 Å². The van der Waals surface area contributed by atoms with Crippen molar-refractivity contribution in [2.24, 2.45) is 5.73 Å². The zero-order chi connectivity index (χ0) is 12.2. The zero-order valence-electron chi connectivity index (χ0n) is 7.91. The Bertz CT molecular complexity index is 400. The molecule has 90 valence electrons. The van der Waals surface area contributed by atoms with E-state index in [0.29, 0.717) is 6.07 Å². The van der Waals surface area contributed by atoms with Crippen LogP contribution in [0.5, 0.6) is 0 Å². The van der Waals surface area contributed by atoms with Crippen LogP contribution in [-0.4, -0.2) is 16.1 Å². The van der Waals surface area contributed by atoms with Crippen molar-refractivity contribution < 1.29 is 22.0 Å². The number of rotatable bonds is 1. The summed E-state index contributed by atoms with van der Waals surface area (Å²) >= 11 is 0. The lowest BCUT2D eigenvalue weighted by Crippen LogP contribution is -2.55. The van der Waals surface area contributed by atoms with Gasteiger partial charge < -0.3 is 5.73 Å². The topological polar surface area (TPSA) is 54.7 Å². The Morgan fingerprint density at radius 1 is 1.31 bits per heavy atom. The summed E-state index contributed by atoms with van der Waals surface area (Å²) < 4.78 is 61.8. The number of halogens is 5. The summed E-state index contributed by atoms with van der Waals surface area (Å²) in [5.41, 5.74) is 2.85. The Kier molecular flexibility index (Phi) is 2.07. The molecule has 0 saturated heterocycles. The van der Waals surface area contributed by atoms with Gasteiger partial charge in [-0.3, -0.25) is 5.10 Å². The van der Waals surface area contributed by atoms with Crippen molar-refractivity contribution in [3.8, 4) is 0 Å². The van der Waals surface area contributed by atoms with Crippen molar-refractivity contribution in [1.29, 1.82) is 0 Å². The van der Waals surface area contributed by atoms with Crippen LogP contribution in [0, 0.1) is 0 Å². The van der Waals surface area contributed by atoms with Crippen molar-refractivity contribution in [3.05, 3.63) is 17.5 Å². The minimum Gasteiger partial charge on any atom is -0.320 e. The van der Waals surface area contributed by atoms with Gasteiger partial charge in [0.15, 0.2) is 5.69 Å². The smallest absolute Gasteiger partial charge is 0.320 e. The van der Waals surface area contributed by atoms with Crippen molar-refractivity contribution in [3.63, 3.8) is 0 Å². The summed E-state index contributed by atoms with van der Waals surface area (Å²) in [5.74, 6) is -2.90. The van der Waals surface area contributed by atoms with E-state index in [-0.39, 0.29) is 5.69 Å². The van der Waals surface area contributed by atoms with Crippen molar-refractivity contribution in [2.75, 3.05) is 0 Å². The molecule has 1 saturated carbocycles. The van der Waals surface area contributed by atoms with Crippen LogP contribution in [0.4, 0.5) is 22.0 Å². The standard InChI is InChI=1S/C8H8F5N3/c9-7(10)2-6(14,3-7)4-1-5(16-15-4)8(11,12)13/h1H,2-3,14H2,(H,15,16). The number of hydrogen-bond acceptors (Lipinski definition) is 2. The first-order valence-corrected chi connectivity index (χ1v) is 4.42. The second-order valence-electron chi connectivity index (χ2n) is 4.03. The predicted molar refractivity (Wildman–Crippen MR) is 43.6 cm³/mol. The number of aromatic nitrogens is 2. The van der Waals surface area contributed by atoms with E-state index in [1.165, 1.54) is 0 Å². The lowest BCUT2D eigenvalue weighted by Gasteiger charge is -2.43. The zero-order valence-corrected chi connectivity index (χ0v) is 7.91. The van der Waals surface area contributed by atoms with Crippen LogP contribution in [0.1, 0.15) is 24.2 Å². The van der Waals surface area contributed by atoms with Gasteiger partial charge in [-0.25, -0.2) is 8.78 Å². The van der Waals surface area contributed by atoms with Crippen LogP contribution < -0.4 is 5.73 Å². The van der Waals surface area contributed by atoms with Gasteiger partial charge in [-0.2, -0.15) is 18.3 Å². The minimum absolute atomic E-state index is 0.106. The van der Waals surface area contributed by atoms with Gasteiger partial charge in [0.2, 0.25) is 0 Å². The fourth-order valence-electron chi connectivity index (χ4n) is 1.78. The molecule has 0 aliphatic heterocycles. The van der Waals surface area contributed by atoms with Gasteiger partial charge in [0.05, 0.1) is 11.2 Å². The van der Waals surface area contributed by atoms with Crippen LogP contribution in [-0.2, 0) is 11.7 Å². The van der Waals surface area contributed by atoms with E-state index in [2.05, 4.69) is 10.2 Å². The van der Waals surface area contributed by atoms with Gasteiger partial charge in [-0.1, -0.05) is 0 Å². The van der Waals surface area contributed by atoms with E-state index in [9.17, 15) is 22.0 Å². The maximum Gasteiger partial charge on any atom is 0.435 e. The van der Waals surface area contributed by atoms with Crippen LogP contribution in [0.3, 0.4) is 0 Å². The molecule has 1 aliphatic rings. The molecule has 3 nitrogen and oxygen atoms in total. The minimum atomic E-state index is -4.60. The highest BCUT2D eigenvalue weighted by molar-refractivity contribution is 5.24. The Hall–Kier alpha value is -1.18. The average Bonchev–Trinajstić information content (AvgIpc) is 2.45. The summed E-state index contributed by atoms with van der Waals surface area (Å²) in [6, 6.07) is 0.676. The fraction of sp³-hybridized carbons (Fsp3) is 0.625. The predicted octanol–water partition coefficient (Wildman–Crippen LogP) is 2.01. The molecule has 1 aromatic heterocycles. The van der Waals surface area contributed by atoms with Gasteiger partial charge in [0.1, 0.15) is 0 Å². The van der Waals surface area contributed by atoms with Crippen LogP contribution in [0.2, 0.25) is 0 Å². The Balaban J connectivity index is 2.21. The van der Waals surface area contributed by atoms with Crippen molar-refractivity contribution in [1.82, 2.24) is 10.2 Å². The first-order chi connectivity index (χ1) is 7.12. The summed E-state index contributed by atoms with van der Waals surface area (Å²) in [6.07, 6.45) is -5.93. The Morgan fingerprint density at radius 3 is 2.25 bits per heavy atom. The van der Waals surface area contributed by atoms with Gasteiger partial charge >= 0.3 is 6.18 Å². The molecule has 2 rings (SSSR count). The normalized spacial score (nSPS) is 22.9. The van der Waals surface area contributed by atoms with E-state index < -0.39 is 36.2 Å². The molecule has 1 fully saturated rings. The fourth-order valence-corrected chi connectivity index (χ4v) is 1.78. The quantitative estimate of drug-likeness (QED) is 0.739. The summed E-state index contributed by atoms with van der Waals surface area (Å²) in [4.78, 5) is 0. The van der Waals surface area contributed by atoms with E-state index in [1.807, 2.05) is 0 Å². The first-order valence-electron chi connectivity index (χ1n) is 4.42. The molecular weight excluding hydrogens is 233 g/mol. The maximum absolute atomic E-state index is 12.6. The molecule has 3 N–H and O–H groups in total. The molecule has 0 radical (unpaired) electrons. The molecule has 1 aliphatic carbocycles. The summed E-state index contributed by atoms with van der Waals surface area (Å²) in [7, 11) is 0. The molecule has 8 heteroatoms. The highest BCUT2D eigenvalue weighted by atomic mass is 19.4. The molecule has 1 aromatic rings. The number of alkyl halides is 5. The Morgan fingerprint density at radius 2 is 1.88 bits per heavy atom. The molecule has 0 atom stereocenters. The number of H-pyrrole nitrogens is 1. The molecule has 0 unspecified atom stereocenters. The van der Waals surface area contributed by atoms with Crippen molar-refractivity contribution >= 4 is 0 Å². The van der Waals surface area contributed by atoms with E-state index in [4.69, 9.17) is 5.73 Å². The largest absolute Gasteiger partial charge is 0.435 e. The molecule has 0 bridgehead atoms. The van der Waals surface area contributed by atoms with E-state index >= 15 is 0 Å². The summed E-state index contributed by atoms with van der Waals surface area (Å²) in [5, 5.41) is 5.07. The third-order valence-electron chi connectivity index (χ3n) is 2.55. The molecule has 1 heterocycles. The van der Waals surface area contributed by atoms with Crippen LogP contribution in [0.25, 0.3) is 0 Å². The monoisotopic (exact) mass is 241 g/mol. The number of nitrogens with one attached hydrogen (secondary N) is 1. The second-order valence-corrected chi connectivity index (χ2v) is 4.03. The second kappa shape index (κ2) is 2.93. The highest BCUT2D eigenvalue weighted by Crippen LogP contribution is 2.49. The number of nitrogens with two attached hydrogens (primary N) is 1. The molecule has 0 spiro atoms. The third-order valence-corrected chi connectivity index (χ3v) is 2.55. The molecule has 0 aromatic carbocycles. The SMILES string of the molecule is NC1(c2cc(C(F)(F)F)n[nH]2)CC(F)(F)C1. The van der Waals surface area contributed by atoms with Gasteiger partial charge in [0, 0.05) is 12.8 Å². The van der Waals surface area contributed by atoms with Crippen LogP contribution in [0.15, 0.2) is 6.07 Å². The number of nitrogens with zero attached hydrogens (tertiary/aromatic N) is 1. The Labute approximate surface area is 86.8 Å². The maximum atomic E-state index is 12.6. The third kappa shape index (κ3) is 1.77. The average molecular weight is 241 g/mol. The van der Waals surface area contributed by atoms with Gasteiger partial charge in [-0.15, -0.1) is 0 Å². The summed E-state index contributed by atoms with van der Waals surface area (Å²) in [6.45, 7) is 0. The lowest BCUT2D eigenvalue weighted by molar-refractivity contribution is -0.141. The van der Waals surface area contributed by atoms with Gasteiger partial charge in [-0.05, 0) is 6.07 Å². The molecule has 0 amide bonds. The number of hydrogen-bond donors (Lipinski definition) is 2.